The summed E-state index contributed by atoms with van der Waals surface area (Å²) in [6, 6.07) is 4.75. The van der Waals surface area contributed by atoms with Gasteiger partial charge in [0.2, 0.25) is 0 Å². The van der Waals surface area contributed by atoms with Crippen LogP contribution in [0.4, 0.5) is 5.69 Å². The second-order valence-electron chi connectivity index (χ2n) is 4.26. The molecule has 0 bridgehead atoms. The van der Waals surface area contributed by atoms with Crippen LogP contribution in [0.1, 0.15) is 24.8 Å². The predicted molar refractivity (Wildman–Crippen MR) is 63.3 cm³/mol. The van der Waals surface area contributed by atoms with Gasteiger partial charge in [-0.2, -0.15) is 0 Å². The van der Waals surface area contributed by atoms with Crippen LogP contribution >= 0.6 is 15.9 Å². The Morgan fingerprint density at radius 2 is 2.19 bits per heavy atom. The number of hydrogen-bond donors (Lipinski definition) is 1. The van der Waals surface area contributed by atoms with Crippen molar-refractivity contribution in [2.24, 2.45) is 0 Å². The predicted octanol–water partition coefficient (Wildman–Crippen LogP) is 2.81. The van der Waals surface area contributed by atoms with E-state index < -0.39 is 10.5 Å². The first-order valence-electron chi connectivity index (χ1n) is 5.15. The topological polar surface area (TPSA) is 63.4 Å². The lowest BCUT2D eigenvalue weighted by Gasteiger charge is -2.08. The van der Waals surface area contributed by atoms with Gasteiger partial charge in [0.15, 0.2) is 0 Å². The molecule has 0 amide bonds. The van der Waals surface area contributed by atoms with Crippen LogP contribution in [0.3, 0.4) is 0 Å². The number of rotatable bonds is 4. The van der Waals surface area contributed by atoms with E-state index in [2.05, 4.69) is 15.9 Å². The molecule has 1 aliphatic rings. The van der Waals surface area contributed by atoms with Crippen molar-refractivity contribution in [3.63, 3.8) is 0 Å². The van der Waals surface area contributed by atoms with Crippen molar-refractivity contribution < 1.29 is 10.0 Å². The Kier molecular flexibility index (Phi) is 2.99. The minimum atomic E-state index is -0.471. The summed E-state index contributed by atoms with van der Waals surface area (Å²) in [5.74, 6) is 0. The number of non-ortho nitro benzene ring substituents is 1. The molecule has 0 atom stereocenters. The lowest BCUT2D eigenvalue weighted by atomic mass is 10.1. The van der Waals surface area contributed by atoms with Gasteiger partial charge in [0.05, 0.1) is 10.5 Å². The molecule has 4 nitrogen and oxygen atoms in total. The molecule has 1 saturated carbocycles. The zero-order chi connectivity index (χ0) is 11.8. The number of nitro groups is 1. The van der Waals surface area contributed by atoms with E-state index in [-0.39, 0.29) is 5.69 Å². The highest BCUT2D eigenvalue weighted by atomic mass is 79.9. The van der Waals surface area contributed by atoms with E-state index in [4.69, 9.17) is 0 Å². The quantitative estimate of drug-likeness (QED) is 0.683. The van der Waals surface area contributed by atoms with Gasteiger partial charge < -0.3 is 5.11 Å². The van der Waals surface area contributed by atoms with Crippen LogP contribution in [-0.4, -0.2) is 15.6 Å². The molecule has 0 spiro atoms. The summed E-state index contributed by atoms with van der Waals surface area (Å²) >= 11 is 3.32. The summed E-state index contributed by atoms with van der Waals surface area (Å²) < 4.78 is 0.742. The Labute approximate surface area is 102 Å². The molecule has 0 radical (unpaired) electrons. The number of aryl methyl sites for hydroxylation is 1. The van der Waals surface area contributed by atoms with Crippen molar-refractivity contribution in [2.75, 3.05) is 0 Å². The van der Waals surface area contributed by atoms with E-state index >= 15 is 0 Å². The van der Waals surface area contributed by atoms with E-state index in [1.807, 2.05) is 0 Å². The molecule has 1 fully saturated rings. The molecule has 1 aliphatic carbocycles. The molecule has 1 N–H and O–H groups in total. The number of benzene rings is 1. The minimum Gasteiger partial charge on any atom is -0.390 e. The van der Waals surface area contributed by atoms with E-state index in [9.17, 15) is 15.2 Å². The maximum absolute atomic E-state index is 10.5. The maximum atomic E-state index is 10.5. The fourth-order valence-electron chi connectivity index (χ4n) is 1.61. The third-order valence-corrected chi connectivity index (χ3v) is 3.67. The molecule has 1 aromatic rings. The van der Waals surface area contributed by atoms with Gasteiger partial charge in [-0.1, -0.05) is 22.0 Å². The van der Waals surface area contributed by atoms with Crippen molar-refractivity contribution in [3.05, 3.63) is 38.3 Å². The SMILES string of the molecule is O=[N+]([O-])c1ccc(CCC2(O)CC2)c(Br)c1. The molecular weight excluding hydrogens is 274 g/mol. The fraction of sp³-hybridized carbons (Fsp3) is 0.455. The molecule has 86 valence electrons. The van der Waals surface area contributed by atoms with Crippen molar-refractivity contribution in [1.82, 2.24) is 0 Å². The lowest BCUT2D eigenvalue weighted by molar-refractivity contribution is -0.384. The molecule has 16 heavy (non-hydrogen) atoms. The zero-order valence-electron chi connectivity index (χ0n) is 8.65. The number of hydrogen-bond acceptors (Lipinski definition) is 3. The van der Waals surface area contributed by atoms with E-state index in [1.165, 1.54) is 12.1 Å². The average molecular weight is 286 g/mol. The van der Waals surface area contributed by atoms with E-state index in [0.29, 0.717) is 0 Å². The highest BCUT2D eigenvalue weighted by Gasteiger charge is 2.39. The largest absolute Gasteiger partial charge is 0.390 e. The Morgan fingerprint density at radius 3 is 2.69 bits per heavy atom. The van der Waals surface area contributed by atoms with E-state index in [1.54, 1.807) is 6.07 Å². The monoisotopic (exact) mass is 285 g/mol. The minimum absolute atomic E-state index is 0.0840. The van der Waals surface area contributed by atoms with Crippen LogP contribution in [0.25, 0.3) is 0 Å². The molecule has 0 aromatic heterocycles. The first kappa shape index (κ1) is 11.5. The van der Waals surface area contributed by atoms with Gasteiger partial charge in [-0.25, -0.2) is 0 Å². The first-order chi connectivity index (χ1) is 7.50. The highest BCUT2D eigenvalue weighted by Crippen LogP contribution is 2.39. The number of nitro benzene ring substituents is 1. The van der Waals surface area contributed by atoms with E-state index in [0.717, 1.165) is 35.7 Å². The van der Waals surface area contributed by atoms with Crippen LogP contribution in [-0.2, 0) is 6.42 Å². The highest BCUT2D eigenvalue weighted by molar-refractivity contribution is 9.10. The number of aliphatic hydroxyl groups is 1. The Bertz CT molecular complexity index is 429. The normalized spacial score (nSPS) is 17.1. The van der Waals surface area contributed by atoms with Gasteiger partial charge in [-0.15, -0.1) is 0 Å². The van der Waals surface area contributed by atoms with Crippen LogP contribution in [0, 0.1) is 10.1 Å². The van der Waals surface area contributed by atoms with Crippen LogP contribution in [0.15, 0.2) is 22.7 Å². The summed E-state index contributed by atoms with van der Waals surface area (Å²) in [5.41, 5.74) is 0.619. The van der Waals surface area contributed by atoms with Gasteiger partial charge >= 0.3 is 0 Å². The molecule has 5 heteroatoms. The molecule has 2 rings (SSSR count). The fourth-order valence-corrected chi connectivity index (χ4v) is 2.18. The molecular formula is C11H12BrNO3. The van der Waals surface area contributed by atoms with Crippen molar-refractivity contribution in [3.8, 4) is 0 Å². The zero-order valence-corrected chi connectivity index (χ0v) is 10.2. The molecule has 0 aliphatic heterocycles. The molecule has 0 heterocycles. The molecule has 0 saturated heterocycles. The third kappa shape index (κ3) is 2.59. The van der Waals surface area contributed by atoms with Gasteiger partial charge in [0, 0.05) is 16.6 Å². The average Bonchev–Trinajstić information content (AvgIpc) is 2.95. The van der Waals surface area contributed by atoms with Gasteiger partial charge in [0.1, 0.15) is 0 Å². The van der Waals surface area contributed by atoms with Crippen molar-refractivity contribution in [1.29, 1.82) is 0 Å². The van der Waals surface area contributed by atoms with Crippen molar-refractivity contribution >= 4 is 21.6 Å². The van der Waals surface area contributed by atoms with Gasteiger partial charge in [0.25, 0.3) is 5.69 Å². The summed E-state index contributed by atoms with van der Waals surface area (Å²) in [5, 5.41) is 20.2. The van der Waals surface area contributed by atoms with Crippen LogP contribution in [0.2, 0.25) is 0 Å². The van der Waals surface area contributed by atoms with Gasteiger partial charge in [-0.05, 0) is 31.2 Å². The molecule has 1 aromatic carbocycles. The van der Waals surface area contributed by atoms with Crippen LogP contribution in [0.5, 0.6) is 0 Å². The summed E-state index contributed by atoms with van der Waals surface area (Å²) in [4.78, 5) is 10.1. The van der Waals surface area contributed by atoms with Crippen molar-refractivity contribution in [2.45, 2.75) is 31.3 Å². The maximum Gasteiger partial charge on any atom is 0.270 e. The summed E-state index contributed by atoms with van der Waals surface area (Å²) in [7, 11) is 0. The standard InChI is InChI=1S/C11H12BrNO3/c12-10-7-9(13(15)16)2-1-8(10)3-4-11(14)5-6-11/h1-2,7,14H,3-6H2. The summed E-state index contributed by atoms with van der Waals surface area (Å²) in [6.45, 7) is 0. The number of nitrogens with zero attached hydrogens (tertiary/aromatic N) is 1. The Balaban J connectivity index is 2.07. The lowest BCUT2D eigenvalue weighted by Crippen LogP contribution is -2.07. The first-order valence-corrected chi connectivity index (χ1v) is 5.95. The van der Waals surface area contributed by atoms with Gasteiger partial charge in [-0.3, -0.25) is 10.1 Å². The molecule has 0 unspecified atom stereocenters. The number of halogens is 1. The van der Waals surface area contributed by atoms with Crippen LogP contribution < -0.4 is 0 Å². The smallest absolute Gasteiger partial charge is 0.270 e. The second kappa shape index (κ2) is 4.14. The second-order valence-corrected chi connectivity index (χ2v) is 5.11. The third-order valence-electron chi connectivity index (χ3n) is 2.93. The summed E-state index contributed by atoms with van der Waals surface area (Å²) in [6.07, 6.45) is 3.22. The Hall–Kier alpha value is -0.940. The Morgan fingerprint density at radius 1 is 1.50 bits per heavy atom.